The third kappa shape index (κ3) is 5.37. The SMILES string of the molecule is COc1ccc(/C=C/C(=O)NNC(=S)NC2CCCC2)cc1. The van der Waals surface area contributed by atoms with Crippen LogP contribution in [0.5, 0.6) is 5.75 Å². The van der Waals surface area contributed by atoms with Gasteiger partial charge in [-0.05, 0) is 48.8 Å². The molecule has 1 saturated carbocycles. The van der Waals surface area contributed by atoms with Crippen LogP contribution in [0.15, 0.2) is 30.3 Å². The summed E-state index contributed by atoms with van der Waals surface area (Å²) in [7, 11) is 1.62. The summed E-state index contributed by atoms with van der Waals surface area (Å²) in [6.45, 7) is 0. The number of hydrogen-bond donors (Lipinski definition) is 3. The molecule has 6 heteroatoms. The fourth-order valence-corrected chi connectivity index (χ4v) is 2.56. The number of methoxy groups -OCH3 is 1. The zero-order valence-electron chi connectivity index (χ0n) is 12.6. The van der Waals surface area contributed by atoms with Gasteiger partial charge in [0.25, 0.3) is 5.91 Å². The van der Waals surface area contributed by atoms with Gasteiger partial charge in [-0.15, -0.1) is 0 Å². The second kappa shape index (κ2) is 8.38. The van der Waals surface area contributed by atoms with Crippen LogP contribution in [0.2, 0.25) is 0 Å². The van der Waals surface area contributed by atoms with Gasteiger partial charge in [0.15, 0.2) is 5.11 Å². The lowest BCUT2D eigenvalue weighted by molar-refractivity contribution is -0.116. The lowest BCUT2D eigenvalue weighted by Crippen LogP contribution is -2.48. The first-order valence-corrected chi connectivity index (χ1v) is 7.77. The third-order valence-electron chi connectivity index (χ3n) is 3.53. The summed E-state index contributed by atoms with van der Waals surface area (Å²) in [5.41, 5.74) is 6.18. The number of benzene rings is 1. The van der Waals surface area contributed by atoms with Crippen molar-refractivity contribution >= 4 is 29.3 Å². The summed E-state index contributed by atoms with van der Waals surface area (Å²) in [4.78, 5) is 11.7. The van der Waals surface area contributed by atoms with Gasteiger partial charge in [0.05, 0.1) is 7.11 Å². The molecule has 22 heavy (non-hydrogen) atoms. The molecule has 1 amide bonds. The Morgan fingerprint density at radius 3 is 2.55 bits per heavy atom. The fourth-order valence-electron chi connectivity index (χ4n) is 2.34. The summed E-state index contributed by atoms with van der Waals surface area (Å²) in [5, 5.41) is 3.64. The Kier molecular flexibility index (Phi) is 6.21. The maximum atomic E-state index is 11.7. The van der Waals surface area contributed by atoms with Crippen LogP contribution in [-0.4, -0.2) is 24.2 Å². The third-order valence-corrected chi connectivity index (χ3v) is 3.75. The van der Waals surface area contributed by atoms with E-state index in [1.165, 1.54) is 18.9 Å². The van der Waals surface area contributed by atoms with Crippen LogP contribution in [0, 0.1) is 0 Å². The molecule has 1 aliphatic rings. The Hall–Kier alpha value is -2.08. The van der Waals surface area contributed by atoms with Crippen molar-refractivity contribution in [3.8, 4) is 5.75 Å². The minimum Gasteiger partial charge on any atom is -0.497 e. The molecule has 0 heterocycles. The summed E-state index contributed by atoms with van der Waals surface area (Å²) in [5.74, 6) is 0.526. The first-order valence-electron chi connectivity index (χ1n) is 7.36. The van der Waals surface area contributed by atoms with E-state index in [-0.39, 0.29) is 5.91 Å². The molecular weight excluding hydrogens is 298 g/mol. The smallest absolute Gasteiger partial charge is 0.262 e. The predicted molar refractivity (Wildman–Crippen MR) is 91.3 cm³/mol. The van der Waals surface area contributed by atoms with Crippen molar-refractivity contribution in [1.29, 1.82) is 0 Å². The lowest BCUT2D eigenvalue weighted by Gasteiger charge is -2.15. The average molecular weight is 319 g/mol. The van der Waals surface area contributed by atoms with Gasteiger partial charge in [-0.1, -0.05) is 25.0 Å². The number of hydrogen-bond acceptors (Lipinski definition) is 3. The lowest BCUT2D eigenvalue weighted by atomic mass is 10.2. The Morgan fingerprint density at radius 2 is 1.91 bits per heavy atom. The standard InChI is InChI=1S/C16H21N3O2S/c1-21-14-9-6-12(7-10-14)8-11-15(20)18-19-16(22)17-13-4-2-3-5-13/h6-11,13H,2-5H2,1H3,(H,18,20)(H2,17,19,22)/b11-8+. The van der Waals surface area contributed by atoms with E-state index < -0.39 is 0 Å². The van der Waals surface area contributed by atoms with Crippen molar-refractivity contribution in [2.45, 2.75) is 31.7 Å². The van der Waals surface area contributed by atoms with E-state index in [1.54, 1.807) is 13.2 Å². The van der Waals surface area contributed by atoms with Crippen LogP contribution in [0.4, 0.5) is 0 Å². The van der Waals surface area contributed by atoms with E-state index in [1.807, 2.05) is 24.3 Å². The van der Waals surface area contributed by atoms with Crippen molar-refractivity contribution in [3.05, 3.63) is 35.9 Å². The predicted octanol–water partition coefficient (Wildman–Crippen LogP) is 2.15. The van der Waals surface area contributed by atoms with Crippen LogP contribution < -0.4 is 20.9 Å². The van der Waals surface area contributed by atoms with Crippen LogP contribution >= 0.6 is 12.2 Å². The Morgan fingerprint density at radius 1 is 1.23 bits per heavy atom. The van der Waals surface area contributed by atoms with E-state index in [9.17, 15) is 4.79 Å². The topological polar surface area (TPSA) is 62.4 Å². The van der Waals surface area contributed by atoms with Crippen molar-refractivity contribution in [1.82, 2.24) is 16.2 Å². The molecule has 0 aromatic heterocycles. The molecule has 5 nitrogen and oxygen atoms in total. The minimum absolute atomic E-state index is 0.258. The molecule has 0 aliphatic heterocycles. The molecule has 0 spiro atoms. The summed E-state index contributed by atoms with van der Waals surface area (Å²) in [6, 6.07) is 7.86. The van der Waals surface area contributed by atoms with E-state index in [0.29, 0.717) is 11.2 Å². The summed E-state index contributed by atoms with van der Waals surface area (Å²) >= 11 is 5.14. The number of carbonyl (C=O) groups is 1. The molecule has 1 aliphatic carbocycles. The average Bonchev–Trinajstić information content (AvgIpc) is 3.04. The molecule has 2 rings (SSSR count). The first-order chi connectivity index (χ1) is 10.7. The van der Waals surface area contributed by atoms with Crippen LogP contribution in [0.1, 0.15) is 31.2 Å². The highest BCUT2D eigenvalue weighted by molar-refractivity contribution is 7.80. The largest absolute Gasteiger partial charge is 0.497 e. The number of thiocarbonyl (C=S) groups is 1. The van der Waals surface area contributed by atoms with Gasteiger partial charge in [0.2, 0.25) is 0 Å². The second-order valence-corrected chi connectivity index (χ2v) is 5.58. The summed E-state index contributed by atoms with van der Waals surface area (Å²) in [6.07, 6.45) is 7.91. The highest BCUT2D eigenvalue weighted by atomic mass is 32.1. The van der Waals surface area contributed by atoms with Crippen molar-refractivity contribution < 1.29 is 9.53 Å². The van der Waals surface area contributed by atoms with Gasteiger partial charge in [-0.25, -0.2) is 0 Å². The molecule has 0 saturated heterocycles. The Bertz CT molecular complexity index is 537. The molecule has 0 radical (unpaired) electrons. The molecule has 0 bridgehead atoms. The van der Waals surface area contributed by atoms with Crippen LogP contribution in [0.3, 0.4) is 0 Å². The van der Waals surface area contributed by atoms with E-state index in [4.69, 9.17) is 17.0 Å². The molecule has 118 valence electrons. The van der Waals surface area contributed by atoms with E-state index >= 15 is 0 Å². The monoisotopic (exact) mass is 319 g/mol. The van der Waals surface area contributed by atoms with Gasteiger partial charge < -0.3 is 10.1 Å². The number of carbonyl (C=O) groups excluding carboxylic acids is 1. The summed E-state index contributed by atoms with van der Waals surface area (Å²) < 4.78 is 5.08. The number of nitrogens with one attached hydrogen (secondary N) is 3. The number of rotatable bonds is 4. The Balaban J connectivity index is 1.72. The van der Waals surface area contributed by atoms with Crippen LogP contribution in [0.25, 0.3) is 6.08 Å². The molecule has 3 N–H and O–H groups in total. The zero-order valence-corrected chi connectivity index (χ0v) is 13.4. The molecule has 0 unspecified atom stereocenters. The van der Waals surface area contributed by atoms with Crippen LogP contribution in [-0.2, 0) is 4.79 Å². The number of ether oxygens (including phenoxy) is 1. The van der Waals surface area contributed by atoms with Gasteiger partial charge >= 0.3 is 0 Å². The van der Waals surface area contributed by atoms with Gasteiger partial charge in [0, 0.05) is 12.1 Å². The second-order valence-electron chi connectivity index (χ2n) is 5.18. The van der Waals surface area contributed by atoms with Gasteiger partial charge in [-0.2, -0.15) is 0 Å². The molecule has 1 aromatic carbocycles. The highest BCUT2D eigenvalue weighted by Crippen LogP contribution is 2.17. The highest BCUT2D eigenvalue weighted by Gasteiger charge is 2.15. The zero-order chi connectivity index (χ0) is 15.8. The quantitative estimate of drug-likeness (QED) is 0.451. The fraction of sp³-hybridized carbons (Fsp3) is 0.375. The number of amides is 1. The van der Waals surface area contributed by atoms with Gasteiger partial charge in [0.1, 0.15) is 5.75 Å². The van der Waals surface area contributed by atoms with E-state index in [0.717, 1.165) is 24.2 Å². The van der Waals surface area contributed by atoms with Crippen molar-refractivity contribution in [3.63, 3.8) is 0 Å². The molecular formula is C16H21N3O2S. The minimum atomic E-state index is -0.258. The van der Waals surface area contributed by atoms with Crippen molar-refractivity contribution in [2.75, 3.05) is 7.11 Å². The van der Waals surface area contributed by atoms with E-state index in [2.05, 4.69) is 16.2 Å². The maximum absolute atomic E-state index is 11.7. The normalized spacial score (nSPS) is 14.8. The molecule has 0 atom stereocenters. The molecule has 1 aromatic rings. The first kappa shape index (κ1) is 16.3. The maximum Gasteiger partial charge on any atom is 0.262 e. The Labute approximate surface area is 136 Å². The molecule has 1 fully saturated rings. The van der Waals surface area contributed by atoms with Crippen molar-refractivity contribution in [2.24, 2.45) is 0 Å². The van der Waals surface area contributed by atoms with Gasteiger partial charge in [-0.3, -0.25) is 15.6 Å². The number of hydrazine groups is 1.